The molecule has 3 unspecified atom stereocenters. The largest absolute Gasteiger partial charge is 0.378 e. The van der Waals surface area contributed by atoms with Crippen molar-refractivity contribution >= 4 is 0 Å². The first-order chi connectivity index (χ1) is 9.08. The van der Waals surface area contributed by atoms with Crippen LogP contribution in [-0.4, -0.2) is 24.9 Å². The second-order valence-electron chi connectivity index (χ2n) is 8.65. The van der Waals surface area contributed by atoms with E-state index < -0.39 is 0 Å². The molecule has 20 heavy (non-hydrogen) atoms. The molecule has 1 saturated carbocycles. The molecule has 0 aromatic rings. The average molecular weight is 284 g/mol. The fourth-order valence-corrected chi connectivity index (χ4v) is 2.54. The van der Waals surface area contributed by atoms with E-state index in [-0.39, 0.29) is 5.60 Å². The minimum atomic E-state index is -0.0128. The topological polar surface area (TPSA) is 18.5 Å². The zero-order chi connectivity index (χ0) is 15.4. The van der Waals surface area contributed by atoms with Crippen LogP contribution in [0.3, 0.4) is 0 Å². The number of hydrogen-bond donors (Lipinski definition) is 0. The van der Waals surface area contributed by atoms with Crippen LogP contribution in [0.4, 0.5) is 0 Å². The Labute approximate surface area is 126 Å². The van der Waals surface area contributed by atoms with E-state index in [1.807, 2.05) is 0 Å². The maximum Gasteiger partial charge on any atom is 0.0598 e. The van der Waals surface area contributed by atoms with Crippen molar-refractivity contribution in [2.75, 3.05) is 13.2 Å². The van der Waals surface area contributed by atoms with E-state index in [0.717, 1.165) is 13.2 Å². The van der Waals surface area contributed by atoms with Gasteiger partial charge in [-0.3, -0.25) is 0 Å². The molecule has 0 amide bonds. The first-order valence-corrected chi connectivity index (χ1v) is 8.33. The predicted octanol–water partition coefficient (Wildman–Crippen LogP) is 5.06. The molecular formula is C18H36O2. The minimum absolute atomic E-state index is 0.0128. The second kappa shape index (κ2) is 7.26. The number of hydrogen-bond acceptors (Lipinski definition) is 2. The van der Waals surface area contributed by atoms with E-state index in [4.69, 9.17) is 9.47 Å². The van der Waals surface area contributed by atoms with Crippen LogP contribution < -0.4 is 0 Å². The fraction of sp³-hybridized carbons (Fsp3) is 1.00. The van der Waals surface area contributed by atoms with Gasteiger partial charge in [0.1, 0.15) is 0 Å². The monoisotopic (exact) mass is 284 g/mol. The van der Waals surface area contributed by atoms with E-state index in [0.29, 0.717) is 23.4 Å². The first kappa shape index (κ1) is 18.0. The highest BCUT2D eigenvalue weighted by molar-refractivity contribution is 4.77. The third-order valence-electron chi connectivity index (χ3n) is 4.63. The smallest absolute Gasteiger partial charge is 0.0598 e. The highest BCUT2D eigenvalue weighted by Gasteiger charge is 2.27. The Morgan fingerprint density at radius 2 is 1.70 bits per heavy atom. The third-order valence-corrected chi connectivity index (χ3v) is 4.63. The molecule has 0 aromatic heterocycles. The molecule has 1 aliphatic carbocycles. The van der Waals surface area contributed by atoms with Crippen LogP contribution in [0.2, 0.25) is 0 Å². The maximum absolute atomic E-state index is 6.08. The predicted molar refractivity (Wildman–Crippen MR) is 86.0 cm³/mol. The van der Waals surface area contributed by atoms with E-state index in [1.54, 1.807) is 0 Å². The lowest BCUT2D eigenvalue weighted by atomic mass is 9.80. The minimum Gasteiger partial charge on any atom is -0.378 e. The highest BCUT2D eigenvalue weighted by Crippen LogP contribution is 2.31. The maximum atomic E-state index is 6.08. The zero-order valence-electron chi connectivity index (χ0n) is 14.8. The Hall–Kier alpha value is -0.0800. The third kappa shape index (κ3) is 7.08. The molecule has 1 rings (SSSR count). The van der Waals surface area contributed by atoms with Crippen molar-refractivity contribution in [3.63, 3.8) is 0 Å². The van der Waals surface area contributed by atoms with Crippen LogP contribution in [-0.2, 0) is 9.47 Å². The van der Waals surface area contributed by atoms with Gasteiger partial charge in [-0.05, 0) is 63.7 Å². The summed E-state index contributed by atoms with van der Waals surface area (Å²) in [7, 11) is 0. The van der Waals surface area contributed by atoms with Crippen LogP contribution in [0, 0.1) is 17.3 Å². The molecule has 0 bridgehead atoms. The fourth-order valence-electron chi connectivity index (χ4n) is 2.54. The van der Waals surface area contributed by atoms with Crippen LogP contribution in [0.15, 0.2) is 0 Å². The van der Waals surface area contributed by atoms with E-state index in [2.05, 4.69) is 48.5 Å². The Bertz CT molecular complexity index is 272. The quantitative estimate of drug-likeness (QED) is 0.679. The molecule has 0 N–H and O–H groups in total. The van der Waals surface area contributed by atoms with Gasteiger partial charge in [-0.15, -0.1) is 0 Å². The molecule has 1 fully saturated rings. The van der Waals surface area contributed by atoms with Crippen LogP contribution in [0.25, 0.3) is 0 Å². The van der Waals surface area contributed by atoms with Gasteiger partial charge < -0.3 is 9.47 Å². The zero-order valence-corrected chi connectivity index (χ0v) is 14.8. The molecule has 2 heteroatoms. The van der Waals surface area contributed by atoms with Crippen molar-refractivity contribution in [1.82, 2.24) is 0 Å². The molecule has 3 atom stereocenters. The standard InChI is InChI=1S/C18H36O2/c1-14(17(2,3)4)10-11-19-16-9-8-15(12-16)13-20-18(5,6)7/h14-16H,8-13H2,1-7H3. The van der Waals surface area contributed by atoms with Gasteiger partial charge in [0.2, 0.25) is 0 Å². The van der Waals surface area contributed by atoms with Gasteiger partial charge in [-0.2, -0.15) is 0 Å². The molecule has 0 saturated heterocycles. The van der Waals surface area contributed by atoms with Gasteiger partial charge >= 0.3 is 0 Å². The second-order valence-corrected chi connectivity index (χ2v) is 8.65. The lowest BCUT2D eigenvalue weighted by Gasteiger charge is -2.27. The summed E-state index contributed by atoms with van der Waals surface area (Å²) in [6.45, 7) is 17.5. The van der Waals surface area contributed by atoms with Gasteiger partial charge in [-0.1, -0.05) is 27.7 Å². The first-order valence-electron chi connectivity index (χ1n) is 8.33. The van der Waals surface area contributed by atoms with Crippen molar-refractivity contribution in [3.8, 4) is 0 Å². The Morgan fingerprint density at radius 3 is 2.25 bits per heavy atom. The summed E-state index contributed by atoms with van der Waals surface area (Å²) in [5, 5.41) is 0. The molecule has 0 aromatic carbocycles. The van der Waals surface area contributed by atoms with Gasteiger partial charge in [0.15, 0.2) is 0 Å². The molecular weight excluding hydrogens is 248 g/mol. The summed E-state index contributed by atoms with van der Waals surface area (Å²) in [6, 6.07) is 0. The summed E-state index contributed by atoms with van der Waals surface area (Å²) in [5.41, 5.74) is 0.378. The number of ether oxygens (including phenoxy) is 2. The molecule has 0 spiro atoms. The SMILES string of the molecule is CC(CCOC1CCC(COC(C)(C)C)C1)C(C)(C)C. The van der Waals surface area contributed by atoms with Gasteiger partial charge in [0, 0.05) is 6.61 Å². The van der Waals surface area contributed by atoms with E-state index in [9.17, 15) is 0 Å². The Morgan fingerprint density at radius 1 is 1.05 bits per heavy atom. The van der Waals surface area contributed by atoms with Crippen molar-refractivity contribution in [3.05, 3.63) is 0 Å². The summed E-state index contributed by atoms with van der Waals surface area (Å²) >= 11 is 0. The summed E-state index contributed by atoms with van der Waals surface area (Å²) in [5.74, 6) is 1.41. The summed E-state index contributed by atoms with van der Waals surface area (Å²) in [6.07, 6.45) is 5.29. The van der Waals surface area contributed by atoms with Crippen molar-refractivity contribution in [1.29, 1.82) is 0 Å². The average Bonchev–Trinajstić information content (AvgIpc) is 2.72. The van der Waals surface area contributed by atoms with E-state index >= 15 is 0 Å². The molecule has 0 radical (unpaired) electrons. The van der Waals surface area contributed by atoms with Gasteiger partial charge in [0.25, 0.3) is 0 Å². The normalized spacial score (nSPS) is 25.9. The molecule has 2 nitrogen and oxygen atoms in total. The number of rotatable bonds is 6. The molecule has 1 aliphatic rings. The Kier molecular flexibility index (Phi) is 6.53. The van der Waals surface area contributed by atoms with Crippen molar-refractivity contribution < 1.29 is 9.47 Å². The summed E-state index contributed by atoms with van der Waals surface area (Å²) in [4.78, 5) is 0. The highest BCUT2D eigenvalue weighted by atomic mass is 16.5. The lowest BCUT2D eigenvalue weighted by Crippen LogP contribution is -2.23. The van der Waals surface area contributed by atoms with Crippen molar-refractivity contribution in [2.45, 2.75) is 85.9 Å². The van der Waals surface area contributed by atoms with Crippen LogP contribution in [0.1, 0.15) is 74.1 Å². The summed E-state index contributed by atoms with van der Waals surface area (Å²) < 4.78 is 12.0. The molecule has 0 heterocycles. The lowest BCUT2D eigenvalue weighted by molar-refractivity contribution is -0.0256. The van der Waals surface area contributed by atoms with E-state index in [1.165, 1.54) is 25.7 Å². The molecule has 120 valence electrons. The Balaban J connectivity index is 2.16. The molecule has 0 aliphatic heterocycles. The van der Waals surface area contributed by atoms with Gasteiger partial charge in [0.05, 0.1) is 18.3 Å². The van der Waals surface area contributed by atoms with Crippen molar-refractivity contribution in [2.24, 2.45) is 17.3 Å². The van der Waals surface area contributed by atoms with Crippen LogP contribution >= 0.6 is 0 Å². The van der Waals surface area contributed by atoms with Gasteiger partial charge in [-0.25, -0.2) is 0 Å². The van der Waals surface area contributed by atoms with Crippen LogP contribution in [0.5, 0.6) is 0 Å².